The third kappa shape index (κ3) is 4.95. The minimum absolute atomic E-state index is 0.0801. The van der Waals surface area contributed by atoms with Gasteiger partial charge in [0.15, 0.2) is 5.17 Å². The molecule has 0 saturated carbocycles. The van der Waals surface area contributed by atoms with Crippen LogP contribution in [-0.2, 0) is 16.1 Å². The second-order valence-corrected chi connectivity index (χ2v) is 9.82. The quantitative estimate of drug-likeness (QED) is 0.668. The second kappa shape index (κ2) is 9.79. The monoisotopic (exact) mass is 464 g/mol. The number of benzene rings is 2. The van der Waals surface area contributed by atoms with Gasteiger partial charge in [0, 0.05) is 12.1 Å². The van der Waals surface area contributed by atoms with Crippen molar-refractivity contribution < 1.29 is 14.3 Å². The van der Waals surface area contributed by atoms with E-state index in [0.29, 0.717) is 29.9 Å². The summed E-state index contributed by atoms with van der Waals surface area (Å²) in [6.45, 7) is 6.37. The Hall–Kier alpha value is -3.13. The van der Waals surface area contributed by atoms with Gasteiger partial charge in [0.05, 0.1) is 18.0 Å². The Morgan fingerprint density at radius 3 is 2.73 bits per heavy atom. The van der Waals surface area contributed by atoms with E-state index in [-0.39, 0.29) is 11.8 Å². The van der Waals surface area contributed by atoms with Gasteiger partial charge in [-0.25, -0.2) is 9.89 Å². The number of amides is 2. The fourth-order valence-corrected chi connectivity index (χ4v) is 4.75. The highest BCUT2D eigenvalue weighted by atomic mass is 32.2. The summed E-state index contributed by atoms with van der Waals surface area (Å²) in [7, 11) is 1.61. The Morgan fingerprint density at radius 1 is 1.18 bits per heavy atom. The summed E-state index contributed by atoms with van der Waals surface area (Å²) in [5, 5.41) is 3.01. The first-order chi connectivity index (χ1) is 15.9. The van der Waals surface area contributed by atoms with E-state index in [4.69, 9.17) is 14.7 Å². The van der Waals surface area contributed by atoms with Gasteiger partial charge in [-0.2, -0.15) is 0 Å². The molecular formula is C25H28N4O3S. The predicted octanol–water partition coefficient (Wildman–Crippen LogP) is 4.14. The summed E-state index contributed by atoms with van der Waals surface area (Å²) < 4.78 is 5.24. The summed E-state index contributed by atoms with van der Waals surface area (Å²) >= 11 is 1.27. The lowest BCUT2D eigenvalue weighted by atomic mass is 10.0. The molecule has 2 atom stereocenters. The molecule has 2 heterocycles. The van der Waals surface area contributed by atoms with E-state index in [1.807, 2.05) is 55.5 Å². The van der Waals surface area contributed by atoms with Crippen LogP contribution >= 0.6 is 11.8 Å². The molecule has 2 amide bonds. The number of hydrogen-bond acceptors (Lipinski definition) is 6. The van der Waals surface area contributed by atoms with Gasteiger partial charge in [0.2, 0.25) is 5.91 Å². The van der Waals surface area contributed by atoms with Crippen LogP contribution in [0.15, 0.2) is 58.5 Å². The normalized spacial score (nSPS) is 17.8. The van der Waals surface area contributed by atoms with Crippen molar-refractivity contribution in [2.24, 2.45) is 15.9 Å². The SMILES string of the molecule is COc1cccc(CNC(=O)[C@@H](C)SC2=Nc3ccccc3C3=N[C@@H](CC(C)C)C(=O)N23)c1. The molecule has 1 N–H and O–H groups in total. The Bertz CT molecular complexity index is 1130. The van der Waals surface area contributed by atoms with Gasteiger partial charge in [-0.1, -0.05) is 49.9 Å². The van der Waals surface area contributed by atoms with E-state index in [1.54, 1.807) is 12.0 Å². The summed E-state index contributed by atoms with van der Waals surface area (Å²) in [6, 6.07) is 14.8. The maximum absolute atomic E-state index is 13.2. The molecule has 172 valence electrons. The van der Waals surface area contributed by atoms with Gasteiger partial charge in [-0.05, 0) is 49.1 Å². The van der Waals surface area contributed by atoms with Crippen LogP contribution in [0.5, 0.6) is 5.75 Å². The number of amidine groups is 2. The van der Waals surface area contributed by atoms with Crippen molar-refractivity contribution in [3.63, 3.8) is 0 Å². The highest BCUT2D eigenvalue weighted by Gasteiger charge is 2.42. The number of nitrogens with one attached hydrogen (secondary N) is 1. The van der Waals surface area contributed by atoms with Crippen LogP contribution in [0, 0.1) is 5.92 Å². The maximum Gasteiger partial charge on any atom is 0.259 e. The summed E-state index contributed by atoms with van der Waals surface area (Å²) in [6.07, 6.45) is 0.676. The third-order valence-corrected chi connectivity index (χ3v) is 6.55. The fourth-order valence-electron chi connectivity index (χ4n) is 3.81. The zero-order valence-corrected chi connectivity index (χ0v) is 20.1. The lowest BCUT2D eigenvalue weighted by Gasteiger charge is -2.27. The Labute approximate surface area is 198 Å². The molecule has 0 aliphatic carbocycles. The summed E-state index contributed by atoms with van der Waals surface area (Å²) in [5.74, 6) is 1.50. The van der Waals surface area contributed by atoms with E-state index >= 15 is 0 Å². The molecule has 0 radical (unpaired) electrons. The minimum atomic E-state index is -0.446. The van der Waals surface area contributed by atoms with E-state index in [0.717, 1.165) is 22.6 Å². The van der Waals surface area contributed by atoms with Gasteiger partial charge in [-0.15, -0.1) is 0 Å². The number of para-hydroxylation sites is 1. The standard InChI is InChI=1S/C25H28N4O3S/c1-15(2)12-21-24(31)29-22(27-21)19-10-5-6-11-20(19)28-25(29)33-16(3)23(30)26-14-17-8-7-9-18(13-17)32-4/h5-11,13,15-16,21H,12,14H2,1-4H3,(H,26,30)/t16-,21+/m1/s1. The first-order valence-electron chi connectivity index (χ1n) is 11.0. The number of carbonyl (C=O) groups is 2. The van der Waals surface area contributed by atoms with Crippen LogP contribution in [0.25, 0.3) is 0 Å². The minimum Gasteiger partial charge on any atom is -0.497 e. The van der Waals surface area contributed by atoms with Crippen molar-refractivity contribution in [3.8, 4) is 5.75 Å². The van der Waals surface area contributed by atoms with Crippen LogP contribution in [0.3, 0.4) is 0 Å². The molecule has 4 rings (SSSR count). The number of rotatable bonds is 7. The second-order valence-electron chi connectivity index (χ2n) is 8.51. The lowest BCUT2D eigenvalue weighted by molar-refractivity contribution is -0.125. The smallest absolute Gasteiger partial charge is 0.259 e. The average Bonchev–Trinajstić information content (AvgIpc) is 3.13. The van der Waals surface area contributed by atoms with E-state index < -0.39 is 11.3 Å². The van der Waals surface area contributed by atoms with Crippen LogP contribution in [0.2, 0.25) is 0 Å². The molecule has 2 aromatic carbocycles. The first-order valence-corrected chi connectivity index (χ1v) is 11.9. The van der Waals surface area contributed by atoms with Gasteiger partial charge >= 0.3 is 0 Å². The number of aliphatic imine (C=N–C) groups is 2. The molecule has 2 aliphatic heterocycles. The molecule has 2 aliphatic rings. The molecule has 0 spiro atoms. The molecule has 7 nitrogen and oxygen atoms in total. The topological polar surface area (TPSA) is 83.4 Å². The number of ether oxygens (including phenoxy) is 1. The molecule has 0 unspecified atom stereocenters. The fraction of sp³-hybridized carbons (Fsp3) is 0.360. The number of fused-ring (bicyclic) bond motifs is 3. The molecular weight excluding hydrogens is 436 g/mol. The predicted molar refractivity (Wildman–Crippen MR) is 132 cm³/mol. The van der Waals surface area contributed by atoms with Gasteiger partial charge in [-0.3, -0.25) is 14.6 Å². The zero-order chi connectivity index (χ0) is 23.5. The van der Waals surface area contributed by atoms with Gasteiger partial charge < -0.3 is 10.1 Å². The van der Waals surface area contributed by atoms with Crippen LogP contribution < -0.4 is 10.1 Å². The van der Waals surface area contributed by atoms with E-state index in [1.165, 1.54) is 11.8 Å². The largest absolute Gasteiger partial charge is 0.497 e. The number of carbonyl (C=O) groups excluding carboxylic acids is 2. The van der Waals surface area contributed by atoms with Crippen molar-refractivity contribution in [2.75, 3.05) is 7.11 Å². The zero-order valence-electron chi connectivity index (χ0n) is 19.2. The molecule has 0 saturated heterocycles. The van der Waals surface area contributed by atoms with Crippen molar-refractivity contribution in [3.05, 3.63) is 59.7 Å². The first kappa shape index (κ1) is 23.0. The third-order valence-electron chi connectivity index (χ3n) is 5.49. The number of thioether (sulfide) groups is 1. The van der Waals surface area contributed by atoms with E-state index in [2.05, 4.69) is 19.2 Å². The van der Waals surface area contributed by atoms with Gasteiger partial charge in [0.25, 0.3) is 5.91 Å². The molecule has 2 aromatic rings. The Kier molecular flexibility index (Phi) is 6.83. The van der Waals surface area contributed by atoms with E-state index in [9.17, 15) is 9.59 Å². The Balaban J connectivity index is 1.50. The van der Waals surface area contributed by atoms with Gasteiger partial charge in [0.1, 0.15) is 17.6 Å². The summed E-state index contributed by atoms with van der Waals surface area (Å²) in [4.78, 5) is 37.1. The number of nitrogens with zero attached hydrogens (tertiary/aromatic N) is 3. The maximum atomic E-state index is 13.2. The molecule has 0 fully saturated rings. The lowest BCUT2D eigenvalue weighted by Crippen LogP contribution is -2.43. The number of methoxy groups -OCH3 is 1. The highest BCUT2D eigenvalue weighted by Crippen LogP contribution is 2.35. The van der Waals surface area contributed by atoms with Crippen molar-refractivity contribution in [1.29, 1.82) is 0 Å². The van der Waals surface area contributed by atoms with Crippen LogP contribution in [0.4, 0.5) is 5.69 Å². The van der Waals surface area contributed by atoms with Crippen LogP contribution in [0.1, 0.15) is 38.3 Å². The molecule has 0 bridgehead atoms. The van der Waals surface area contributed by atoms with Crippen LogP contribution in [-0.4, -0.2) is 46.1 Å². The van der Waals surface area contributed by atoms with Crippen molar-refractivity contribution >= 4 is 40.3 Å². The molecule has 0 aromatic heterocycles. The molecule has 8 heteroatoms. The Morgan fingerprint density at radius 2 is 1.97 bits per heavy atom. The molecule has 33 heavy (non-hydrogen) atoms. The summed E-state index contributed by atoms with van der Waals surface area (Å²) in [5.41, 5.74) is 2.55. The van der Waals surface area contributed by atoms with Crippen molar-refractivity contribution in [2.45, 2.75) is 45.0 Å². The average molecular weight is 465 g/mol. The van der Waals surface area contributed by atoms with Crippen molar-refractivity contribution in [1.82, 2.24) is 10.2 Å². The highest BCUT2D eigenvalue weighted by molar-refractivity contribution is 8.15. The number of hydrogen-bond donors (Lipinski definition) is 1.